The number of aliphatic imine (C=N–C) groups is 1. The molecular weight excluding hydrogens is 258 g/mol. The van der Waals surface area contributed by atoms with Gasteiger partial charge >= 0.3 is 0 Å². The average Bonchev–Trinajstić information content (AvgIpc) is 3.06. The second-order valence-electron chi connectivity index (χ2n) is 4.17. The zero-order chi connectivity index (χ0) is 14.4. The molecule has 0 spiro atoms. The zero-order valence-corrected chi connectivity index (χ0v) is 11.5. The summed E-state index contributed by atoms with van der Waals surface area (Å²) < 4.78 is 6.56. The lowest BCUT2D eigenvalue weighted by Crippen LogP contribution is -2.17. The van der Waals surface area contributed by atoms with Gasteiger partial charge in [-0.1, -0.05) is 0 Å². The largest absolute Gasteiger partial charge is 0.385 e. The minimum absolute atomic E-state index is 0.481. The second-order valence-corrected chi connectivity index (χ2v) is 4.17. The highest BCUT2D eigenvalue weighted by Crippen LogP contribution is 2.11. The van der Waals surface area contributed by atoms with Gasteiger partial charge in [0.15, 0.2) is 5.84 Å². The Hall–Kier alpha value is -2.35. The summed E-state index contributed by atoms with van der Waals surface area (Å²) in [7, 11) is 1.68. The molecule has 2 rings (SSSR count). The highest BCUT2D eigenvalue weighted by Gasteiger charge is 2.16. The zero-order valence-electron chi connectivity index (χ0n) is 11.5. The minimum Gasteiger partial charge on any atom is -0.385 e. The van der Waals surface area contributed by atoms with E-state index in [4.69, 9.17) is 10.1 Å². The first-order valence-electron chi connectivity index (χ1n) is 6.22. The Morgan fingerprint density at radius 1 is 1.60 bits per heavy atom. The number of imidazole rings is 1. The normalized spacial score (nSPS) is 11.8. The lowest BCUT2D eigenvalue weighted by Gasteiger charge is -2.05. The Morgan fingerprint density at radius 2 is 2.45 bits per heavy atom. The average molecular weight is 275 g/mol. The van der Waals surface area contributed by atoms with Crippen LogP contribution >= 0.6 is 0 Å². The van der Waals surface area contributed by atoms with E-state index in [1.54, 1.807) is 7.11 Å². The van der Waals surface area contributed by atoms with E-state index in [1.165, 1.54) is 17.3 Å². The molecular formula is C12H17N7O. The lowest BCUT2D eigenvalue weighted by atomic mass is 10.2. The Balaban J connectivity index is 2.34. The maximum atomic E-state index is 7.20. The van der Waals surface area contributed by atoms with E-state index in [2.05, 4.69) is 25.0 Å². The molecule has 0 aromatic carbocycles. The molecule has 2 aromatic heterocycles. The number of H-pyrrole nitrogens is 1. The van der Waals surface area contributed by atoms with Crippen LogP contribution in [0.1, 0.15) is 23.6 Å². The monoisotopic (exact) mass is 275 g/mol. The van der Waals surface area contributed by atoms with Crippen molar-refractivity contribution in [3.05, 3.63) is 29.9 Å². The third kappa shape index (κ3) is 3.15. The molecule has 106 valence electrons. The molecule has 0 aliphatic carbocycles. The second kappa shape index (κ2) is 6.71. The number of aromatic amines is 1. The molecule has 0 bridgehead atoms. The van der Waals surface area contributed by atoms with Gasteiger partial charge in [0.2, 0.25) is 0 Å². The predicted molar refractivity (Wildman–Crippen MR) is 74.3 cm³/mol. The van der Waals surface area contributed by atoms with Crippen LogP contribution in [-0.2, 0) is 11.2 Å². The molecule has 2 heterocycles. The number of rotatable bonds is 6. The summed E-state index contributed by atoms with van der Waals surface area (Å²) in [6, 6.07) is 0. The number of methoxy groups -OCH3 is 1. The van der Waals surface area contributed by atoms with Crippen molar-refractivity contribution in [2.75, 3.05) is 13.7 Å². The minimum atomic E-state index is 0.481. The molecule has 2 aromatic rings. The molecule has 0 radical (unpaired) electrons. The number of ether oxygens (including phenoxy) is 1. The van der Waals surface area contributed by atoms with Crippen molar-refractivity contribution < 1.29 is 4.74 Å². The molecule has 0 aliphatic rings. The summed E-state index contributed by atoms with van der Waals surface area (Å²) in [5.74, 6) is 1.28. The summed E-state index contributed by atoms with van der Waals surface area (Å²) in [6.07, 6.45) is 5.59. The van der Waals surface area contributed by atoms with Gasteiger partial charge in [-0.2, -0.15) is 5.10 Å². The molecule has 0 saturated heterocycles. The van der Waals surface area contributed by atoms with E-state index >= 15 is 0 Å². The standard InChI is InChI=1S/C12H17N7O/c1-9-17-10(4-3-5-20-2)11(18-9)12(15-6-13)19-8-14-7-16-19/h6-8,13H,3-5H2,1-2H3,(H,17,18). The number of nitrogens with zero attached hydrogens (tertiary/aromatic N) is 5. The molecule has 20 heavy (non-hydrogen) atoms. The fourth-order valence-corrected chi connectivity index (χ4v) is 1.91. The van der Waals surface area contributed by atoms with Gasteiger partial charge < -0.3 is 9.72 Å². The van der Waals surface area contributed by atoms with Gasteiger partial charge in [0.1, 0.15) is 30.5 Å². The molecule has 0 amide bonds. The molecule has 0 fully saturated rings. The van der Waals surface area contributed by atoms with Crippen LogP contribution < -0.4 is 0 Å². The SMILES string of the molecule is COCCCc1[nH]c(C)nc1C(=NC=N)n1cncn1. The van der Waals surface area contributed by atoms with Gasteiger partial charge in [-0.3, -0.25) is 5.41 Å². The maximum Gasteiger partial charge on any atom is 0.184 e. The predicted octanol–water partition coefficient (Wildman–Crippen LogP) is 0.791. The number of nitrogens with one attached hydrogen (secondary N) is 2. The van der Waals surface area contributed by atoms with Crippen LogP contribution in [0, 0.1) is 12.3 Å². The van der Waals surface area contributed by atoms with Crippen molar-refractivity contribution in [1.29, 1.82) is 5.41 Å². The van der Waals surface area contributed by atoms with Gasteiger partial charge in [-0.15, -0.1) is 0 Å². The van der Waals surface area contributed by atoms with Gasteiger partial charge in [0.25, 0.3) is 0 Å². The molecule has 8 heteroatoms. The third-order valence-electron chi connectivity index (χ3n) is 2.71. The van der Waals surface area contributed by atoms with E-state index < -0.39 is 0 Å². The molecule has 0 aliphatic heterocycles. The first-order valence-corrected chi connectivity index (χ1v) is 6.22. The van der Waals surface area contributed by atoms with Gasteiger partial charge in [-0.25, -0.2) is 19.6 Å². The Morgan fingerprint density at radius 3 is 3.10 bits per heavy atom. The maximum absolute atomic E-state index is 7.20. The van der Waals surface area contributed by atoms with E-state index in [0.29, 0.717) is 18.1 Å². The van der Waals surface area contributed by atoms with E-state index in [0.717, 1.165) is 30.7 Å². The van der Waals surface area contributed by atoms with Crippen LogP contribution in [-0.4, -0.2) is 50.6 Å². The van der Waals surface area contributed by atoms with Crippen LogP contribution in [0.2, 0.25) is 0 Å². The van der Waals surface area contributed by atoms with E-state index in [1.807, 2.05) is 6.92 Å². The number of hydrogen-bond donors (Lipinski definition) is 2. The van der Waals surface area contributed by atoms with Gasteiger partial charge in [0, 0.05) is 19.4 Å². The Kier molecular flexibility index (Phi) is 4.72. The summed E-state index contributed by atoms with van der Waals surface area (Å²) in [4.78, 5) is 15.6. The van der Waals surface area contributed by atoms with Crippen LogP contribution in [0.25, 0.3) is 0 Å². The van der Waals surface area contributed by atoms with Gasteiger partial charge in [-0.05, 0) is 19.8 Å². The quantitative estimate of drug-likeness (QED) is 0.462. The fourth-order valence-electron chi connectivity index (χ4n) is 1.91. The molecule has 0 saturated carbocycles. The van der Waals surface area contributed by atoms with Crippen molar-refractivity contribution in [2.45, 2.75) is 19.8 Å². The molecule has 0 unspecified atom stereocenters. The van der Waals surface area contributed by atoms with Crippen molar-refractivity contribution in [3.8, 4) is 0 Å². The molecule has 2 N–H and O–H groups in total. The highest BCUT2D eigenvalue weighted by molar-refractivity contribution is 6.02. The summed E-state index contributed by atoms with van der Waals surface area (Å²) >= 11 is 0. The first-order chi connectivity index (χ1) is 9.76. The van der Waals surface area contributed by atoms with Crippen LogP contribution in [0.15, 0.2) is 17.6 Å². The Bertz CT molecular complexity index is 585. The van der Waals surface area contributed by atoms with Crippen LogP contribution in [0.3, 0.4) is 0 Å². The van der Waals surface area contributed by atoms with E-state index in [-0.39, 0.29) is 0 Å². The summed E-state index contributed by atoms with van der Waals surface area (Å²) in [5, 5.41) is 11.2. The third-order valence-corrected chi connectivity index (χ3v) is 2.71. The molecule has 8 nitrogen and oxygen atoms in total. The van der Waals surface area contributed by atoms with E-state index in [9.17, 15) is 0 Å². The van der Waals surface area contributed by atoms with Gasteiger partial charge in [0.05, 0.1) is 0 Å². The van der Waals surface area contributed by atoms with Crippen molar-refractivity contribution in [2.24, 2.45) is 4.99 Å². The Labute approximate surface area is 116 Å². The smallest absolute Gasteiger partial charge is 0.184 e. The lowest BCUT2D eigenvalue weighted by molar-refractivity contribution is 0.195. The fraction of sp³-hybridized carbons (Fsp3) is 0.417. The number of aryl methyl sites for hydroxylation is 2. The number of aromatic nitrogens is 5. The molecule has 0 atom stereocenters. The highest BCUT2D eigenvalue weighted by atomic mass is 16.5. The van der Waals surface area contributed by atoms with Crippen molar-refractivity contribution in [3.63, 3.8) is 0 Å². The van der Waals surface area contributed by atoms with Crippen molar-refractivity contribution >= 4 is 12.2 Å². The van der Waals surface area contributed by atoms with Crippen molar-refractivity contribution in [1.82, 2.24) is 24.7 Å². The number of hydrogen-bond acceptors (Lipinski definition) is 5. The first kappa shape index (κ1) is 14.1. The summed E-state index contributed by atoms with van der Waals surface area (Å²) in [5.41, 5.74) is 1.64. The van der Waals surface area contributed by atoms with Crippen LogP contribution in [0.4, 0.5) is 0 Å². The van der Waals surface area contributed by atoms with Crippen LogP contribution in [0.5, 0.6) is 0 Å². The topological polar surface area (TPSA) is 105 Å². The summed E-state index contributed by atoms with van der Waals surface area (Å²) in [6.45, 7) is 2.56.